The highest BCUT2D eigenvalue weighted by atomic mass is 19.1. The standard InChI is InChI=1S/C27H29FN4O4/c1-3-18-7-10-20(11-8-18)32(26(30)35)17-21(36-4-2)16-27(32,25(29)34)22-12-9-19(15-23(22)28)24(33)31-13-5-6-14-31/h1,7-12,15,21H,4-6,13-14,16-17H2,2H3,(H3-,29,30,34,35)/p+1/t21-,27-,32?/m1/s1. The van der Waals surface area contributed by atoms with Gasteiger partial charge in [-0.25, -0.2) is 9.18 Å². The number of terminal acetylenes is 1. The first-order valence-electron chi connectivity index (χ1n) is 12.0. The average molecular weight is 494 g/mol. The number of amides is 4. The molecule has 2 aromatic carbocycles. The topological polar surface area (TPSA) is 116 Å². The minimum atomic E-state index is -1.91. The molecule has 2 aliphatic heterocycles. The van der Waals surface area contributed by atoms with Crippen LogP contribution in [0.3, 0.4) is 0 Å². The molecule has 2 saturated heterocycles. The minimum Gasteiger partial charge on any atom is -0.372 e. The van der Waals surface area contributed by atoms with Gasteiger partial charge in [0, 0.05) is 49.4 Å². The zero-order valence-electron chi connectivity index (χ0n) is 20.2. The fourth-order valence-electron chi connectivity index (χ4n) is 5.73. The molecule has 3 atom stereocenters. The summed E-state index contributed by atoms with van der Waals surface area (Å²) in [5.41, 5.74) is 11.0. The SMILES string of the molecule is C#Cc1ccc([N+]2(C(N)=O)C[C@H](OCC)C[C@]2(C(N)=O)c2ccc(C(=O)N3CCCC3)cc2F)cc1. The maximum atomic E-state index is 15.9. The summed E-state index contributed by atoms with van der Waals surface area (Å²) in [6.07, 6.45) is 6.58. The lowest BCUT2D eigenvalue weighted by Crippen LogP contribution is -2.70. The first-order valence-corrected chi connectivity index (χ1v) is 12.0. The second-order valence-corrected chi connectivity index (χ2v) is 9.22. The van der Waals surface area contributed by atoms with Crippen LogP contribution in [0.25, 0.3) is 0 Å². The lowest BCUT2D eigenvalue weighted by Gasteiger charge is -2.42. The molecule has 36 heavy (non-hydrogen) atoms. The Kier molecular flexibility index (Phi) is 6.85. The Labute approximate surface area is 209 Å². The maximum Gasteiger partial charge on any atom is 0.420 e. The summed E-state index contributed by atoms with van der Waals surface area (Å²) in [7, 11) is 0. The summed E-state index contributed by atoms with van der Waals surface area (Å²) in [5, 5.41) is 0. The van der Waals surface area contributed by atoms with Crippen LogP contribution in [0.1, 0.15) is 47.7 Å². The molecule has 0 radical (unpaired) electrons. The van der Waals surface area contributed by atoms with E-state index >= 15 is 4.39 Å². The molecular formula is C27H30FN4O4+. The number of primary amides is 2. The minimum absolute atomic E-state index is 0.0323. The third-order valence-corrected chi connectivity index (χ3v) is 7.37. The van der Waals surface area contributed by atoms with Gasteiger partial charge < -0.3 is 21.1 Å². The van der Waals surface area contributed by atoms with Gasteiger partial charge in [0.05, 0.1) is 5.56 Å². The number of quaternary nitrogens is 1. The molecule has 188 valence electrons. The number of carbonyl (C=O) groups is 3. The summed E-state index contributed by atoms with van der Waals surface area (Å²) < 4.78 is 21.0. The average Bonchev–Trinajstić information content (AvgIpc) is 3.51. The highest BCUT2D eigenvalue weighted by Gasteiger charge is 2.69. The van der Waals surface area contributed by atoms with Crippen molar-refractivity contribution in [3.05, 3.63) is 65.0 Å². The summed E-state index contributed by atoms with van der Waals surface area (Å²) in [6, 6.07) is 9.47. The van der Waals surface area contributed by atoms with Gasteiger partial charge in [0.2, 0.25) is 5.54 Å². The fraction of sp³-hybridized carbons (Fsp3) is 0.370. The van der Waals surface area contributed by atoms with Crippen LogP contribution in [0.5, 0.6) is 0 Å². The number of nitrogens with zero attached hydrogens (tertiary/aromatic N) is 2. The van der Waals surface area contributed by atoms with Gasteiger partial charge in [-0.15, -0.1) is 6.42 Å². The Morgan fingerprint density at radius 2 is 1.83 bits per heavy atom. The third kappa shape index (κ3) is 3.83. The van der Waals surface area contributed by atoms with Crippen molar-refractivity contribution in [2.24, 2.45) is 11.5 Å². The fourth-order valence-corrected chi connectivity index (χ4v) is 5.73. The summed E-state index contributed by atoms with van der Waals surface area (Å²) in [5.74, 6) is 0.469. The lowest BCUT2D eigenvalue weighted by molar-refractivity contribution is -0.127. The molecule has 0 bridgehead atoms. The van der Waals surface area contributed by atoms with E-state index in [9.17, 15) is 14.4 Å². The quantitative estimate of drug-likeness (QED) is 0.475. The Balaban J connectivity index is 1.92. The highest BCUT2D eigenvalue weighted by molar-refractivity contribution is 6.00. The summed E-state index contributed by atoms with van der Waals surface area (Å²) >= 11 is 0. The number of halogens is 1. The van der Waals surface area contributed by atoms with E-state index in [4.69, 9.17) is 22.6 Å². The van der Waals surface area contributed by atoms with Gasteiger partial charge in [0.1, 0.15) is 24.2 Å². The lowest BCUT2D eigenvalue weighted by atomic mass is 9.82. The zero-order chi connectivity index (χ0) is 26.1. The number of carbonyl (C=O) groups excluding carboxylic acids is 3. The van der Waals surface area contributed by atoms with Crippen LogP contribution in [0.15, 0.2) is 42.5 Å². The predicted molar refractivity (Wildman–Crippen MR) is 133 cm³/mol. The Morgan fingerprint density at radius 3 is 2.36 bits per heavy atom. The van der Waals surface area contributed by atoms with Crippen LogP contribution < -0.4 is 16.0 Å². The smallest absolute Gasteiger partial charge is 0.372 e. The first kappa shape index (κ1) is 25.4. The first-order chi connectivity index (χ1) is 17.2. The van der Waals surface area contributed by atoms with Gasteiger partial charge in [-0.05, 0) is 50.1 Å². The van der Waals surface area contributed by atoms with Crippen molar-refractivity contribution in [1.29, 1.82) is 0 Å². The van der Waals surface area contributed by atoms with E-state index in [1.165, 1.54) is 12.1 Å². The molecule has 2 aliphatic rings. The monoisotopic (exact) mass is 493 g/mol. The number of nitrogens with two attached hydrogens (primary N) is 2. The van der Waals surface area contributed by atoms with Crippen molar-refractivity contribution in [3.63, 3.8) is 0 Å². The van der Waals surface area contributed by atoms with Gasteiger partial charge in [-0.1, -0.05) is 5.92 Å². The molecule has 0 aliphatic carbocycles. The summed E-state index contributed by atoms with van der Waals surface area (Å²) in [4.78, 5) is 41.1. The van der Waals surface area contributed by atoms with E-state index in [1.807, 2.05) is 0 Å². The van der Waals surface area contributed by atoms with Crippen molar-refractivity contribution in [2.75, 3.05) is 26.2 Å². The molecule has 1 unspecified atom stereocenters. The summed E-state index contributed by atoms with van der Waals surface area (Å²) in [6.45, 7) is 3.28. The van der Waals surface area contributed by atoms with E-state index in [0.29, 0.717) is 30.9 Å². The van der Waals surface area contributed by atoms with Crippen molar-refractivity contribution in [1.82, 2.24) is 9.38 Å². The molecule has 0 aromatic heterocycles. The Bertz CT molecular complexity index is 1240. The molecule has 9 heteroatoms. The molecule has 4 amide bonds. The van der Waals surface area contributed by atoms with Crippen LogP contribution in [0.4, 0.5) is 14.9 Å². The number of hydrogen-bond donors (Lipinski definition) is 2. The van der Waals surface area contributed by atoms with Gasteiger partial charge in [0.15, 0.2) is 0 Å². The van der Waals surface area contributed by atoms with Gasteiger partial charge in [-0.3, -0.25) is 9.59 Å². The number of ether oxygens (including phenoxy) is 1. The number of hydrogen-bond acceptors (Lipinski definition) is 4. The van der Waals surface area contributed by atoms with Gasteiger partial charge in [0.25, 0.3) is 11.8 Å². The van der Waals surface area contributed by atoms with Gasteiger partial charge >= 0.3 is 6.03 Å². The molecule has 0 saturated carbocycles. The van der Waals surface area contributed by atoms with Crippen LogP contribution in [0, 0.1) is 18.2 Å². The van der Waals surface area contributed by atoms with Crippen molar-refractivity contribution >= 4 is 23.5 Å². The molecule has 8 nitrogen and oxygen atoms in total. The van der Waals surface area contributed by atoms with E-state index < -0.39 is 33.9 Å². The molecule has 2 heterocycles. The predicted octanol–water partition coefficient (Wildman–Crippen LogP) is 2.62. The van der Waals surface area contributed by atoms with Crippen LogP contribution >= 0.6 is 0 Å². The number of likely N-dealkylation sites (tertiary alicyclic amines) is 2. The molecule has 2 fully saturated rings. The van der Waals surface area contributed by atoms with Crippen LogP contribution in [0.2, 0.25) is 0 Å². The van der Waals surface area contributed by atoms with Gasteiger partial charge in [-0.2, -0.15) is 4.48 Å². The Hall–Kier alpha value is -3.74. The largest absolute Gasteiger partial charge is 0.420 e. The second-order valence-electron chi connectivity index (χ2n) is 9.22. The number of rotatable bonds is 6. The van der Waals surface area contributed by atoms with Crippen molar-refractivity contribution < 1.29 is 23.5 Å². The molecule has 0 spiro atoms. The van der Waals surface area contributed by atoms with Crippen LogP contribution in [-0.4, -0.2) is 55.1 Å². The van der Waals surface area contributed by atoms with E-state index in [2.05, 4.69) is 5.92 Å². The molecule has 2 aromatic rings. The second kappa shape index (κ2) is 9.72. The molecule has 4 rings (SSSR count). The van der Waals surface area contributed by atoms with E-state index in [0.717, 1.165) is 18.9 Å². The number of urea groups is 1. The van der Waals surface area contributed by atoms with Crippen LogP contribution in [-0.2, 0) is 15.1 Å². The third-order valence-electron chi connectivity index (χ3n) is 7.37. The molecule has 4 N–H and O–H groups in total. The normalized spacial score (nSPS) is 25.5. The zero-order valence-corrected chi connectivity index (χ0v) is 20.2. The number of benzene rings is 2. The van der Waals surface area contributed by atoms with Crippen molar-refractivity contribution in [2.45, 2.75) is 37.8 Å². The van der Waals surface area contributed by atoms with E-state index in [-0.39, 0.29) is 30.0 Å². The van der Waals surface area contributed by atoms with Crippen molar-refractivity contribution in [3.8, 4) is 12.3 Å². The Morgan fingerprint density at radius 1 is 1.17 bits per heavy atom. The molecular weight excluding hydrogens is 463 g/mol. The highest BCUT2D eigenvalue weighted by Crippen LogP contribution is 2.50. The maximum absolute atomic E-state index is 15.9. The van der Waals surface area contributed by atoms with E-state index in [1.54, 1.807) is 36.1 Å².